The standard InChI is InChI=1S/C30H32N2O3/c1-34-18-6-17-31-30(33)23-13-16-28-27(19-23)25-9-5-10-26(25)29(32-28)22-11-14-24(15-12-22)35-20-21-7-3-2-4-8-21/h2-5,7-9,11-16,19,25-26,29,32H,6,10,17-18,20H2,1H3,(H,31,33). The summed E-state index contributed by atoms with van der Waals surface area (Å²) in [4.78, 5) is 12.6. The Morgan fingerprint density at radius 3 is 2.69 bits per heavy atom. The molecule has 0 saturated carbocycles. The molecule has 1 aliphatic carbocycles. The average Bonchev–Trinajstić information content (AvgIpc) is 3.40. The summed E-state index contributed by atoms with van der Waals surface area (Å²) in [5.74, 6) is 1.55. The molecule has 0 spiro atoms. The Hall–Kier alpha value is -3.57. The molecule has 35 heavy (non-hydrogen) atoms. The van der Waals surface area contributed by atoms with Gasteiger partial charge in [-0.05, 0) is 65.8 Å². The molecule has 5 nitrogen and oxygen atoms in total. The van der Waals surface area contributed by atoms with Gasteiger partial charge in [0.15, 0.2) is 0 Å². The molecule has 180 valence electrons. The van der Waals surface area contributed by atoms with Crippen LogP contribution in [0.5, 0.6) is 5.75 Å². The van der Waals surface area contributed by atoms with Crippen LogP contribution in [0.25, 0.3) is 0 Å². The molecule has 3 unspecified atom stereocenters. The molecular formula is C30H32N2O3. The van der Waals surface area contributed by atoms with Gasteiger partial charge in [0, 0.05) is 37.4 Å². The van der Waals surface area contributed by atoms with Gasteiger partial charge in [-0.15, -0.1) is 0 Å². The van der Waals surface area contributed by atoms with Crippen LogP contribution in [0.4, 0.5) is 5.69 Å². The zero-order chi connectivity index (χ0) is 24.0. The van der Waals surface area contributed by atoms with Crippen LogP contribution in [0.15, 0.2) is 84.9 Å². The van der Waals surface area contributed by atoms with E-state index in [1.165, 1.54) is 11.1 Å². The molecule has 3 atom stereocenters. The van der Waals surface area contributed by atoms with E-state index in [0.717, 1.165) is 29.8 Å². The van der Waals surface area contributed by atoms with Crippen LogP contribution in [-0.2, 0) is 11.3 Å². The van der Waals surface area contributed by atoms with Crippen molar-refractivity contribution < 1.29 is 14.3 Å². The number of methoxy groups -OCH3 is 1. The summed E-state index contributed by atoms with van der Waals surface area (Å²) in [7, 11) is 1.67. The van der Waals surface area contributed by atoms with Crippen LogP contribution in [0.3, 0.4) is 0 Å². The Balaban J connectivity index is 1.28. The van der Waals surface area contributed by atoms with Gasteiger partial charge in [-0.3, -0.25) is 4.79 Å². The summed E-state index contributed by atoms with van der Waals surface area (Å²) < 4.78 is 11.0. The summed E-state index contributed by atoms with van der Waals surface area (Å²) in [6, 6.07) is 24.9. The van der Waals surface area contributed by atoms with E-state index in [1.54, 1.807) is 7.11 Å². The number of carbonyl (C=O) groups excluding carboxylic acids is 1. The predicted octanol–water partition coefficient (Wildman–Crippen LogP) is 5.86. The first-order chi connectivity index (χ1) is 17.2. The molecule has 5 heteroatoms. The molecular weight excluding hydrogens is 436 g/mol. The van der Waals surface area contributed by atoms with E-state index in [0.29, 0.717) is 37.2 Å². The first-order valence-electron chi connectivity index (χ1n) is 12.3. The molecule has 0 radical (unpaired) electrons. The molecule has 2 aliphatic rings. The summed E-state index contributed by atoms with van der Waals surface area (Å²) in [5.41, 5.74) is 5.42. The maximum Gasteiger partial charge on any atom is 0.251 e. The highest BCUT2D eigenvalue weighted by molar-refractivity contribution is 5.95. The predicted molar refractivity (Wildman–Crippen MR) is 139 cm³/mol. The fraction of sp³-hybridized carbons (Fsp3) is 0.300. The molecule has 0 aromatic heterocycles. The SMILES string of the molecule is COCCCNC(=O)c1ccc2c(c1)C1C=CCC1C(c1ccc(OCc3ccccc3)cc1)N2. The van der Waals surface area contributed by atoms with Crippen molar-refractivity contribution in [2.24, 2.45) is 5.92 Å². The highest BCUT2D eigenvalue weighted by Crippen LogP contribution is 2.50. The fourth-order valence-electron chi connectivity index (χ4n) is 5.10. The number of carbonyl (C=O) groups is 1. The monoisotopic (exact) mass is 468 g/mol. The van der Waals surface area contributed by atoms with Crippen LogP contribution >= 0.6 is 0 Å². The number of hydrogen-bond acceptors (Lipinski definition) is 4. The Labute approximate surface area is 207 Å². The minimum Gasteiger partial charge on any atom is -0.489 e. The highest BCUT2D eigenvalue weighted by Gasteiger charge is 2.38. The Bertz CT molecular complexity index is 1170. The van der Waals surface area contributed by atoms with Crippen LogP contribution in [0, 0.1) is 5.92 Å². The summed E-state index contributed by atoms with van der Waals surface area (Å²) in [6.07, 6.45) is 6.39. The van der Waals surface area contributed by atoms with E-state index in [9.17, 15) is 4.79 Å². The van der Waals surface area contributed by atoms with Crippen molar-refractivity contribution in [3.63, 3.8) is 0 Å². The van der Waals surface area contributed by atoms with Crippen molar-refractivity contribution in [2.75, 3.05) is 25.6 Å². The van der Waals surface area contributed by atoms with Crippen LogP contribution in [0.2, 0.25) is 0 Å². The lowest BCUT2D eigenvalue weighted by Gasteiger charge is -2.37. The van der Waals surface area contributed by atoms with Gasteiger partial charge in [-0.2, -0.15) is 0 Å². The molecule has 3 aromatic carbocycles. The molecule has 1 heterocycles. The first kappa shape index (κ1) is 23.2. The molecule has 3 aromatic rings. The van der Waals surface area contributed by atoms with Gasteiger partial charge >= 0.3 is 0 Å². The average molecular weight is 469 g/mol. The van der Waals surface area contributed by atoms with Gasteiger partial charge < -0.3 is 20.1 Å². The molecule has 2 N–H and O–H groups in total. The van der Waals surface area contributed by atoms with Gasteiger partial charge in [-0.1, -0.05) is 54.6 Å². The van der Waals surface area contributed by atoms with Crippen LogP contribution < -0.4 is 15.4 Å². The van der Waals surface area contributed by atoms with Gasteiger partial charge in [0.2, 0.25) is 0 Å². The van der Waals surface area contributed by atoms with E-state index in [4.69, 9.17) is 9.47 Å². The first-order valence-corrected chi connectivity index (χ1v) is 12.3. The second kappa shape index (κ2) is 10.8. The molecule has 1 aliphatic heterocycles. The normalized spacial score (nSPS) is 20.0. The smallest absolute Gasteiger partial charge is 0.251 e. The van der Waals surface area contributed by atoms with Gasteiger partial charge in [0.1, 0.15) is 12.4 Å². The number of allylic oxidation sites excluding steroid dienone is 2. The number of nitrogens with one attached hydrogen (secondary N) is 2. The third-order valence-corrected chi connectivity index (χ3v) is 6.92. The fourth-order valence-corrected chi connectivity index (χ4v) is 5.10. The van der Waals surface area contributed by atoms with E-state index in [1.807, 2.05) is 30.3 Å². The van der Waals surface area contributed by atoms with E-state index < -0.39 is 0 Å². The number of rotatable bonds is 9. The summed E-state index contributed by atoms with van der Waals surface area (Å²) in [5, 5.41) is 6.75. The van der Waals surface area contributed by atoms with Crippen molar-refractivity contribution in [1.82, 2.24) is 5.32 Å². The third kappa shape index (κ3) is 5.25. The van der Waals surface area contributed by atoms with Crippen LogP contribution in [0.1, 0.15) is 51.8 Å². The summed E-state index contributed by atoms with van der Waals surface area (Å²) >= 11 is 0. The lowest BCUT2D eigenvalue weighted by Crippen LogP contribution is -2.30. The van der Waals surface area contributed by atoms with Gasteiger partial charge in [0.25, 0.3) is 5.91 Å². The van der Waals surface area contributed by atoms with Gasteiger partial charge in [-0.25, -0.2) is 0 Å². The number of amides is 1. The van der Waals surface area contributed by atoms with Crippen molar-refractivity contribution in [2.45, 2.75) is 31.4 Å². The second-order valence-electron chi connectivity index (χ2n) is 9.22. The number of fused-ring (bicyclic) bond motifs is 3. The second-order valence-corrected chi connectivity index (χ2v) is 9.22. The van der Waals surface area contributed by atoms with Crippen molar-refractivity contribution in [3.8, 4) is 5.75 Å². The molecule has 0 saturated heterocycles. The maximum absolute atomic E-state index is 12.6. The quantitative estimate of drug-likeness (QED) is 0.305. The lowest BCUT2D eigenvalue weighted by atomic mass is 9.76. The van der Waals surface area contributed by atoms with Gasteiger partial charge in [0.05, 0.1) is 6.04 Å². The summed E-state index contributed by atoms with van der Waals surface area (Å²) in [6.45, 7) is 1.82. The topological polar surface area (TPSA) is 59.6 Å². The number of hydrogen-bond donors (Lipinski definition) is 2. The molecule has 0 fully saturated rings. The highest BCUT2D eigenvalue weighted by atomic mass is 16.5. The van der Waals surface area contributed by atoms with Crippen molar-refractivity contribution in [3.05, 3.63) is 107 Å². The van der Waals surface area contributed by atoms with E-state index >= 15 is 0 Å². The zero-order valence-electron chi connectivity index (χ0n) is 20.1. The lowest BCUT2D eigenvalue weighted by molar-refractivity contribution is 0.0948. The molecule has 5 rings (SSSR count). The Morgan fingerprint density at radius 2 is 1.89 bits per heavy atom. The Morgan fingerprint density at radius 1 is 1.06 bits per heavy atom. The number of benzene rings is 3. The zero-order valence-corrected chi connectivity index (χ0v) is 20.1. The van der Waals surface area contributed by atoms with Crippen LogP contribution in [-0.4, -0.2) is 26.2 Å². The van der Waals surface area contributed by atoms with E-state index in [2.05, 4.69) is 65.3 Å². The molecule has 0 bridgehead atoms. The minimum absolute atomic E-state index is 0.0318. The largest absolute Gasteiger partial charge is 0.489 e. The maximum atomic E-state index is 12.6. The van der Waals surface area contributed by atoms with Crippen molar-refractivity contribution >= 4 is 11.6 Å². The molecule has 1 amide bonds. The number of anilines is 1. The van der Waals surface area contributed by atoms with E-state index in [-0.39, 0.29) is 11.9 Å². The minimum atomic E-state index is -0.0318. The number of ether oxygens (including phenoxy) is 2. The van der Waals surface area contributed by atoms with Crippen molar-refractivity contribution in [1.29, 1.82) is 0 Å². The third-order valence-electron chi connectivity index (χ3n) is 6.92. The Kier molecular flexibility index (Phi) is 7.15.